The van der Waals surface area contributed by atoms with Crippen LogP contribution in [0.4, 0.5) is 25.0 Å². The van der Waals surface area contributed by atoms with Crippen molar-refractivity contribution in [3.05, 3.63) is 77.9 Å². The van der Waals surface area contributed by atoms with Gasteiger partial charge in [0.15, 0.2) is 17.4 Å². The predicted molar refractivity (Wildman–Crippen MR) is 131 cm³/mol. The van der Waals surface area contributed by atoms with Crippen molar-refractivity contribution in [3.8, 4) is 16.9 Å². The van der Waals surface area contributed by atoms with Crippen molar-refractivity contribution in [2.75, 3.05) is 17.2 Å². The molecule has 0 aliphatic carbocycles. The van der Waals surface area contributed by atoms with Gasteiger partial charge in [-0.05, 0) is 71.8 Å². The number of hydrogen-bond donors (Lipinski definition) is 3. The van der Waals surface area contributed by atoms with Crippen LogP contribution in [0.5, 0.6) is 5.75 Å². The lowest BCUT2D eigenvalue weighted by Crippen LogP contribution is -2.45. The van der Waals surface area contributed by atoms with Crippen molar-refractivity contribution < 1.29 is 23.5 Å². The highest BCUT2D eigenvalue weighted by Crippen LogP contribution is 2.29. The molecule has 1 aliphatic rings. The lowest BCUT2D eigenvalue weighted by molar-refractivity contribution is -0.119. The zero-order valence-corrected chi connectivity index (χ0v) is 19.5. The molecule has 0 radical (unpaired) electrons. The zero-order chi connectivity index (χ0) is 25.1. The van der Waals surface area contributed by atoms with Crippen LogP contribution in [0.3, 0.4) is 0 Å². The molecular weight excluding hydrogens is 452 g/mol. The molecule has 8 heteroatoms. The number of nitrogens with one attached hydrogen (secondary N) is 2. The standard InChI is InChI=1S/C27H27F2N3O3/c1-16(2)17-5-9-21(10-6-17)31-27(35)32-13-3-4-24(32)26(34)30-20-11-7-18(8-12-20)19-14-22(28)25(33)23(29)15-19/h5-12,14-16,24,33H,3-4,13H2,1-2H3,(H,30,34)(H,31,35)/t24-/m1/s1. The predicted octanol–water partition coefficient (Wildman–Crippen LogP) is 6.10. The summed E-state index contributed by atoms with van der Waals surface area (Å²) in [6.45, 7) is 4.67. The second kappa shape index (κ2) is 10.1. The molecule has 3 aromatic rings. The molecule has 35 heavy (non-hydrogen) atoms. The largest absolute Gasteiger partial charge is 0.503 e. The van der Waals surface area contributed by atoms with E-state index in [9.17, 15) is 23.5 Å². The van der Waals surface area contributed by atoms with E-state index in [1.807, 2.05) is 24.3 Å². The molecule has 0 unspecified atom stereocenters. The Morgan fingerprint density at radius 3 is 2.09 bits per heavy atom. The van der Waals surface area contributed by atoms with E-state index in [-0.39, 0.29) is 17.5 Å². The Morgan fingerprint density at radius 1 is 0.914 bits per heavy atom. The van der Waals surface area contributed by atoms with Crippen molar-refractivity contribution in [2.45, 2.75) is 38.6 Å². The smallest absolute Gasteiger partial charge is 0.322 e. The first-order valence-electron chi connectivity index (χ1n) is 11.5. The fourth-order valence-electron chi connectivity index (χ4n) is 4.13. The molecule has 0 spiro atoms. The summed E-state index contributed by atoms with van der Waals surface area (Å²) in [6, 6.07) is 15.2. The Hall–Kier alpha value is -3.94. The minimum Gasteiger partial charge on any atom is -0.503 e. The quantitative estimate of drug-likeness (QED) is 0.414. The number of carbonyl (C=O) groups is 2. The molecule has 4 rings (SSSR count). The Balaban J connectivity index is 1.40. The number of phenols is 1. The average Bonchev–Trinajstić information content (AvgIpc) is 3.33. The van der Waals surface area contributed by atoms with Crippen LogP contribution in [0, 0.1) is 11.6 Å². The van der Waals surface area contributed by atoms with E-state index in [0.29, 0.717) is 42.2 Å². The average molecular weight is 480 g/mol. The Kier molecular flexibility index (Phi) is 7.00. The lowest BCUT2D eigenvalue weighted by atomic mass is 10.0. The van der Waals surface area contributed by atoms with Crippen molar-refractivity contribution in [1.82, 2.24) is 4.90 Å². The van der Waals surface area contributed by atoms with Gasteiger partial charge in [-0.25, -0.2) is 13.6 Å². The number of amides is 3. The lowest BCUT2D eigenvalue weighted by Gasteiger charge is -2.24. The van der Waals surface area contributed by atoms with Crippen LogP contribution in [0.1, 0.15) is 38.2 Å². The normalized spacial score (nSPS) is 15.3. The summed E-state index contributed by atoms with van der Waals surface area (Å²) in [5, 5.41) is 14.9. The first kappa shape index (κ1) is 24.2. The van der Waals surface area contributed by atoms with Gasteiger partial charge in [-0.3, -0.25) is 4.79 Å². The summed E-state index contributed by atoms with van der Waals surface area (Å²) in [4.78, 5) is 27.3. The molecule has 3 amide bonds. The third kappa shape index (κ3) is 5.42. The van der Waals surface area contributed by atoms with Crippen LogP contribution in [0.15, 0.2) is 60.7 Å². The number of nitrogens with zero attached hydrogens (tertiary/aromatic N) is 1. The molecule has 1 atom stereocenters. The van der Waals surface area contributed by atoms with Crippen LogP contribution in [0.2, 0.25) is 0 Å². The molecule has 182 valence electrons. The second-order valence-electron chi connectivity index (χ2n) is 8.91. The SMILES string of the molecule is CC(C)c1ccc(NC(=O)N2CCC[C@@H]2C(=O)Nc2ccc(-c3cc(F)c(O)c(F)c3)cc2)cc1. The molecule has 1 aliphatic heterocycles. The van der Waals surface area contributed by atoms with E-state index >= 15 is 0 Å². The van der Waals surface area contributed by atoms with Crippen molar-refractivity contribution >= 4 is 23.3 Å². The molecule has 0 aromatic heterocycles. The number of urea groups is 1. The van der Waals surface area contributed by atoms with Gasteiger partial charge in [0.25, 0.3) is 0 Å². The maximum atomic E-state index is 13.7. The number of carbonyl (C=O) groups excluding carboxylic acids is 2. The highest BCUT2D eigenvalue weighted by molar-refractivity contribution is 5.99. The van der Waals surface area contributed by atoms with Gasteiger partial charge >= 0.3 is 6.03 Å². The van der Waals surface area contributed by atoms with Gasteiger partial charge < -0.3 is 20.6 Å². The molecule has 3 aromatic carbocycles. The van der Waals surface area contributed by atoms with Gasteiger partial charge in [-0.2, -0.15) is 0 Å². The summed E-state index contributed by atoms with van der Waals surface area (Å²) in [6.07, 6.45) is 1.27. The van der Waals surface area contributed by atoms with Crippen molar-refractivity contribution in [3.63, 3.8) is 0 Å². The summed E-state index contributed by atoms with van der Waals surface area (Å²) in [7, 11) is 0. The molecule has 0 saturated carbocycles. The van der Waals surface area contributed by atoms with Gasteiger partial charge in [0.1, 0.15) is 6.04 Å². The molecule has 1 fully saturated rings. The van der Waals surface area contributed by atoms with E-state index in [4.69, 9.17) is 0 Å². The van der Waals surface area contributed by atoms with Crippen molar-refractivity contribution in [2.24, 2.45) is 0 Å². The van der Waals surface area contributed by atoms with E-state index in [2.05, 4.69) is 24.5 Å². The molecule has 1 heterocycles. The summed E-state index contributed by atoms with van der Waals surface area (Å²) < 4.78 is 27.3. The molecule has 6 nitrogen and oxygen atoms in total. The van der Waals surface area contributed by atoms with E-state index < -0.39 is 23.4 Å². The van der Waals surface area contributed by atoms with Gasteiger partial charge in [0, 0.05) is 17.9 Å². The molecule has 1 saturated heterocycles. The van der Waals surface area contributed by atoms with Crippen LogP contribution in [0.25, 0.3) is 11.1 Å². The van der Waals surface area contributed by atoms with Crippen LogP contribution < -0.4 is 10.6 Å². The van der Waals surface area contributed by atoms with Gasteiger partial charge in [-0.15, -0.1) is 0 Å². The van der Waals surface area contributed by atoms with Crippen LogP contribution in [-0.4, -0.2) is 34.5 Å². The van der Waals surface area contributed by atoms with Crippen molar-refractivity contribution in [1.29, 1.82) is 0 Å². The van der Waals surface area contributed by atoms with Gasteiger partial charge in [0.05, 0.1) is 0 Å². The number of rotatable bonds is 5. The number of anilines is 2. The number of halogens is 2. The zero-order valence-electron chi connectivity index (χ0n) is 19.5. The third-order valence-corrected chi connectivity index (χ3v) is 6.15. The fraction of sp³-hybridized carbons (Fsp3) is 0.259. The van der Waals surface area contributed by atoms with Gasteiger partial charge in [0.2, 0.25) is 5.91 Å². The highest BCUT2D eigenvalue weighted by atomic mass is 19.1. The third-order valence-electron chi connectivity index (χ3n) is 6.15. The maximum absolute atomic E-state index is 13.7. The minimum atomic E-state index is -1.05. The second-order valence-corrected chi connectivity index (χ2v) is 8.91. The Labute approximate surface area is 202 Å². The fourth-order valence-corrected chi connectivity index (χ4v) is 4.13. The number of hydrogen-bond acceptors (Lipinski definition) is 3. The number of phenolic OH excluding ortho intramolecular Hbond substituents is 1. The van der Waals surface area contributed by atoms with E-state index in [1.165, 1.54) is 10.5 Å². The Morgan fingerprint density at radius 2 is 1.49 bits per heavy atom. The Bertz CT molecular complexity index is 1200. The number of likely N-dealkylation sites (tertiary alicyclic amines) is 1. The number of aromatic hydroxyl groups is 1. The van der Waals surface area contributed by atoms with Crippen LogP contribution in [-0.2, 0) is 4.79 Å². The first-order chi connectivity index (χ1) is 16.7. The minimum absolute atomic E-state index is 0.260. The monoisotopic (exact) mass is 479 g/mol. The summed E-state index contributed by atoms with van der Waals surface area (Å²) >= 11 is 0. The first-order valence-corrected chi connectivity index (χ1v) is 11.5. The molecule has 3 N–H and O–H groups in total. The summed E-state index contributed by atoms with van der Waals surface area (Å²) in [5.41, 5.74) is 3.12. The molecular formula is C27H27F2N3O3. The maximum Gasteiger partial charge on any atom is 0.322 e. The topological polar surface area (TPSA) is 81.7 Å². The van der Waals surface area contributed by atoms with E-state index in [0.717, 1.165) is 12.1 Å². The van der Waals surface area contributed by atoms with Gasteiger partial charge in [-0.1, -0.05) is 38.1 Å². The van der Waals surface area contributed by atoms with Crippen LogP contribution >= 0.6 is 0 Å². The van der Waals surface area contributed by atoms with E-state index in [1.54, 1.807) is 24.3 Å². The highest BCUT2D eigenvalue weighted by Gasteiger charge is 2.34. The molecule has 0 bridgehead atoms. The number of benzene rings is 3. The summed E-state index contributed by atoms with van der Waals surface area (Å²) in [5.74, 6) is -3.03.